The second kappa shape index (κ2) is 7.95. The molecule has 0 radical (unpaired) electrons. The normalized spacial score (nSPS) is 14.3. The van der Waals surface area contributed by atoms with Gasteiger partial charge in [-0.3, -0.25) is 0 Å². The lowest BCUT2D eigenvalue weighted by molar-refractivity contribution is 0.0103. The summed E-state index contributed by atoms with van der Waals surface area (Å²) in [7, 11) is 0. The smallest absolute Gasteiger partial charge is 0.407 e. The van der Waals surface area contributed by atoms with Crippen LogP contribution in [0.5, 0.6) is 0 Å². The van der Waals surface area contributed by atoms with Gasteiger partial charge in [0.1, 0.15) is 17.5 Å². The predicted octanol–water partition coefficient (Wildman–Crippen LogP) is 3.10. The first-order valence-corrected chi connectivity index (χ1v) is 7.67. The van der Waals surface area contributed by atoms with Gasteiger partial charge in [0.15, 0.2) is 0 Å². The fraction of sp³-hybridized carbons (Fsp3) is 0.562. The summed E-state index contributed by atoms with van der Waals surface area (Å²) in [4.78, 5) is 11.5. The van der Waals surface area contributed by atoms with Crippen molar-refractivity contribution in [2.45, 2.75) is 51.9 Å². The van der Waals surface area contributed by atoms with E-state index in [1.807, 2.05) is 0 Å². The summed E-state index contributed by atoms with van der Waals surface area (Å²) in [5.41, 5.74) is -0.0514. The fourth-order valence-electron chi connectivity index (χ4n) is 1.91. The van der Waals surface area contributed by atoms with E-state index in [-0.39, 0.29) is 23.6 Å². The minimum Gasteiger partial charge on any atom is -0.444 e. The van der Waals surface area contributed by atoms with Gasteiger partial charge < -0.3 is 20.3 Å². The Morgan fingerprint density at radius 2 is 2.00 bits per heavy atom. The molecule has 5 nitrogen and oxygen atoms in total. The molecule has 0 aliphatic heterocycles. The second-order valence-electron chi connectivity index (χ2n) is 6.35. The lowest BCUT2D eigenvalue weighted by atomic mass is 10.00. The molecule has 0 heterocycles. The number of alkyl carbamates (subject to hydrolysis) is 1. The SMILES string of the molecule is Cc1cc(C(O)C(O)CCNC(=O)OC(C)(C)C)c(F)cc1Cl. The highest BCUT2D eigenvalue weighted by Crippen LogP contribution is 2.27. The van der Waals surface area contributed by atoms with Crippen LogP contribution in [0.3, 0.4) is 0 Å². The Morgan fingerprint density at radius 3 is 2.57 bits per heavy atom. The Balaban J connectivity index is 2.57. The molecule has 1 aromatic rings. The molecular weight excluding hydrogens is 325 g/mol. The van der Waals surface area contributed by atoms with E-state index >= 15 is 0 Å². The minimum atomic E-state index is -1.41. The Hall–Kier alpha value is -1.37. The standard InChI is InChI=1S/C16H23ClFNO4/c1-9-7-10(12(18)8-11(9)17)14(21)13(20)5-6-19-15(22)23-16(2,3)4/h7-8,13-14,20-21H,5-6H2,1-4H3,(H,19,22). The van der Waals surface area contributed by atoms with Crippen LogP contribution in [0.4, 0.5) is 9.18 Å². The number of aliphatic hydroxyl groups is 2. The second-order valence-corrected chi connectivity index (χ2v) is 6.76. The van der Waals surface area contributed by atoms with Gasteiger partial charge in [-0.25, -0.2) is 9.18 Å². The number of aryl methyl sites for hydroxylation is 1. The molecule has 1 amide bonds. The van der Waals surface area contributed by atoms with Crippen molar-refractivity contribution in [2.75, 3.05) is 6.54 Å². The molecule has 0 saturated heterocycles. The monoisotopic (exact) mass is 347 g/mol. The van der Waals surface area contributed by atoms with Gasteiger partial charge in [-0.15, -0.1) is 0 Å². The van der Waals surface area contributed by atoms with E-state index in [0.29, 0.717) is 5.56 Å². The first-order chi connectivity index (χ1) is 10.5. The molecule has 3 N–H and O–H groups in total. The summed E-state index contributed by atoms with van der Waals surface area (Å²) < 4.78 is 18.9. The average Bonchev–Trinajstić information content (AvgIpc) is 2.40. The molecule has 0 fully saturated rings. The minimum absolute atomic E-state index is 0.0309. The van der Waals surface area contributed by atoms with Crippen LogP contribution in [0.25, 0.3) is 0 Å². The van der Waals surface area contributed by atoms with E-state index in [9.17, 15) is 19.4 Å². The van der Waals surface area contributed by atoms with Gasteiger partial charge in [-0.1, -0.05) is 11.6 Å². The molecule has 0 spiro atoms. The van der Waals surface area contributed by atoms with E-state index in [1.165, 1.54) is 6.07 Å². The van der Waals surface area contributed by atoms with Gasteiger partial charge in [-0.05, 0) is 51.8 Å². The lowest BCUT2D eigenvalue weighted by Gasteiger charge is -2.21. The number of hydrogen-bond acceptors (Lipinski definition) is 4. The topological polar surface area (TPSA) is 78.8 Å². The summed E-state index contributed by atoms with van der Waals surface area (Å²) in [6, 6.07) is 2.49. The van der Waals surface area contributed by atoms with E-state index in [2.05, 4.69) is 5.32 Å². The van der Waals surface area contributed by atoms with Crippen molar-refractivity contribution in [2.24, 2.45) is 0 Å². The van der Waals surface area contributed by atoms with Crippen LogP contribution in [0.2, 0.25) is 5.02 Å². The van der Waals surface area contributed by atoms with E-state index in [1.54, 1.807) is 27.7 Å². The molecule has 23 heavy (non-hydrogen) atoms. The molecule has 0 aliphatic rings. The Morgan fingerprint density at radius 1 is 1.39 bits per heavy atom. The zero-order valence-corrected chi connectivity index (χ0v) is 14.4. The van der Waals surface area contributed by atoms with Crippen LogP contribution in [-0.4, -0.2) is 34.6 Å². The molecule has 7 heteroatoms. The van der Waals surface area contributed by atoms with Gasteiger partial charge in [0.05, 0.1) is 6.10 Å². The predicted molar refractivity (Wildman–Crippen MR) is 86.0 cm³/mol. The van der Waals surface area contributed by atoms with Crippen molar-refractivity contribution >= 4 is 17.7 Å². The molecule has 0 aliphatic carbocycles. The third-order valence-corrected chi connectivity index (χ3v) is 3.48. The van der Waals surface area contributed by atoms with Gasteiger partial charge >= 0.3 is 6.09 Å². The van der Waals surface area contributed by atoms with Crippen LogP contribution in [0.1, 0.15) is 44.4 Å². The summed E-state index contributed by atoms with van der Waals surface area (Å²) in [6.45, 7) is 6.96. The van der Waals surface area contributed by atoms with E-state index < -0.39 is 29.7 Å². The number of benzene rings is 1. The number of nitrogens with one attached hydrogen (secondary N) is 1. The van der Waals surface area contributed by atoms with E-state index in [0.717, 1.165) is 6.07 Å². The van der Waals surface area contributed by atoms with Gasteiger partial charge in [0.2, 0.25) is 0 Å². The van der Waals surface area contributed by atoms with Gasteiger partial charge in [0.25, 0.3) is 0 Å². The lowest BCUT2D eigenvalue weighted by Crippen LogP contribution is -2.34. The number of hydrogen-bond donors (Lipinski definition) is 3. The Bertz CT molecular complexity index is 560. The van der Waals surface area contributed by atoms with Crippen molar-refractivity contribution < 1.29 is 24.1 Å². The molecule has 2 unspecified atom stereocenters. The number of rotatable bonds is 5. The van der Waals surface area contributed by atoms with Crippen LogP contribution >= 0.6 is 11.6 Å². The van der Waals surface area contributed by atoms with Crippen LogP contribution in [0.15, 0.2) is 12.1 Å². The van der Waals surface area contributed by atoms with Crippen molar-refractivity contribution in [3.8, 4) is 0 Å². The molecule has 130 valence electrons. The van der Waals surface area contributed by atoms with E-state index in [4.69, 9.17) is 16.3 Å². The van der Waals surface area contributed by atoms with Crippen molar-refractivity contribution in [1.29, 1.82) is 0 Å². The van der Waals surface area contributed by atoms with Crippen molar-refractivity contribution in [1.82, 2.24) is 5.32 Å². The van der Waals surface area contributed by atoms with Crippen LogP contribution < -0.4 is 5.32 Å². The number of ether oxygens (including phenoxy) is 1. The van der Waals surface area contributed by atoms with Crippen molar-refractivity contribution in [3.63, 3.8) is 0 Å². The first-order valence-electron chi connectivity index (χ1n) is 7.30. The Labute approximate surface area is 140 Å². The first kappa shape index (κ1) is 19.7. The summed E-state index contributed by atoms with van der Waals surface area (Å²) >= 11 is 5.80. The number of amides is 1. The highest BCUT2D eigenvalue weighted by atomic mass is 35.5. The van der Waals surface area contributed by atoms with Crippen LogP contribution in [0, 0.1) is 12.7 Å². The third-order valence-electron chi connectivity index (χ3n) is 3.07. The van der Waals surface area contributed by atoms with Gasteiger partial charge in [0, 0.05) is 17.1 Å². The zero-order valence-electron chi connectivity index (χ0n) is 13.7. The molecule has 0 bridgehead atoms. The summed E-state index contributed by atoms with van der Waals surface area (Å²) in [5, 5.41) is 22.7. The summed E-state index contributed by atoms with van der Waals surface area (Å²) in [5.74, 6) is -0.688. The maximum Gasteiger partial charge on any atom is 0.407 e. The number of halogens is 2. The van der Waals surface area contributed by atoms with Gasteiger partial charge in [-0.2, -0.15) is 0 Å². The molecule has 0 aromatic heterocycles. The number of carbonyl (C=O) groups excluding carboxylic acids is 1. The maximum absolute atomic E-state index is 13.8. The van der Waals surface area contributed by atoms with Crippen molar-refractivity contribution in [3.05, 3.63) is 34.1 Å². The zero-order chi connectivity index (χ0) is 17.8. The third kappa shape index (κ3) is 6.33. The highest BCUT2D eigenvalue weighted by Gasteiger charge is 2.23. The highest BCUT2D eigenvalue weighted by molar-refractivity contribution is 6.31. The molecule has 2 atom stereocenters. The number of carbonyl (C=O) groups is 1. The molecule has 1 rings (SSSR count). The average molecular weight is 348 g/mol. The fourth-order valence-corrected chi connectivity index (χ4v) is 2.06. The Kier molecular flexibility index (Phi) is 6.80. The largest absolute Gasteiger partial charge is 0.444 e. The molecule has 0 saturated carbocycles. The number of aliphatic hydroxyl groups excluding tert-OH is 2. The summed E-state index contributed by atoms with van der Waals surface area (Å²) in [6.07, 6.45) is -3.22. The van der Waals surface area contributed by atoms with Crippen LogP contribution in [-0.2, 0) is 4.74 Å². The molecule has 1 aromatic carbocycles. The quantitative estimate of drug-likeness (QED) is 0.764. The maximum atomic E-state index is 13.8. The molecular formula is C16H23ClFNO4.